The second-order valence-electron chi connectivity index (χ2n) is 6.40. The van der Waals surface area contributed by atoms with Crippen molar-refractivity contribution < 1.29 is 4.79 Å². The van der Waals surface area contributed by atoms with E-state index in [4.69, 9.17) is 0 Å². The van der Waals surface area contributed by atoms with E-state index in [1.165, 1.54) is 12.0 Å². The average Bonchev–Trinajstić information content (AvgIpc) is 2.52. The lowest BCUT2D eigenvalue weighted by atomic mass is 9.97. The zero-order valence-corrected chi connectivity index (χ0v) is 13.3. The molecule has 3 heteroatoms. The fraction of sp³-hybridized carbons (Fsp3) is 0.611. The fourth-order valence-electron chi connectivity index (χ4n) is 2.91. The fourth-order valence-corrected chi connectivity index (χ4v) is 2.91. The summed E-state index contributed by atoms with van der Waals surface area (Å²) in [6, 6.07) is 10.8. The number of carbonyl (C=O) groups is 1. The molecule has 0 radical (unpaired) electrons. The van der Waals surface area contributed by atoms with Crippen LogP contribution in [0.2, 0.25) is 0 Å². The van der Waals surface area contributed by atoms with E-state index in [2.05, 4.69) is 36.2 Å². The Morgan fingerprint density at radius 1 is 1.33 bits per heavy atom. The molecule has 1 N–H and O–H groups in total. The molecule has 1 aromatic rings. The Balaban J connectivity index is 1.76. The first-order chi connectivity index (χ1) is 10.1. The van der Waals surface area contributed by atoms with Gasteiger partial charge in [0.1, 0.15) is 0 Å². The predicted octanol–water partition coefficient (Wildman–Crippen LogP) is 2.86. The van der Waals surface area contributed by atoms with E-state index in [9.17, 15) is 4.79 Å². The molecular formula is C18H28N2O. The van der Waals surface area contributed by atoms with E-state index in [-0.39, 0.29) is 0 Å². The number of hydrogen-bond acceptors (Lipinski definition) is 2. The minimum absolute atomic E-state index is 0.313. The van der Waals surface area contributed by atoms with E-state index in [1.54, 1.807) is 0 Å². The summed E-state index contributed by atoms with van der Waals surface area (Å²) in [5.41, 5.74) is 1.25. The SMILES string of the molecule is CC(C)NCC1CCCN(C(=O)CCc2ccccc2)C1. The van der Waals surface area contributed by atoms with Gasteiger partial charge in [0.25, 0.3) is 0 Å². The molecule has 1 amide bonds. The Kier molecular flexibility index (Phi) is 6.24. The number of benzene rings is 1. The molecule has 3 nitrogen and oxygen atoms in total. The topological polar surface area (TPSA) is 32.3 Å². The van der Waals surface area contributed by atoms with Gasteiger partial charge in [-0.05, 0) is 37.3 Å². The van der Waals surface area contributed by atoms with Gasteiger partial charge in [-0.3, -0.25) is 4.79 Å². The number of nitrogens with zero attached hydrogens (tertiary/aromatic N) is 1. The van der Waals surface area contributed by atoms with Crippen LogP contribution in [0.1, 0.15) is 38.7 Å². The lowest BCUT2D eigenvalue weighted by Crippen LogP contribution is -2.43. The molecule has 1 unspecified atom stereocenters. The Morgan fingerprint density at radius 2 is 2.10 bits per heavy atom. The molecular weight excluding hydrogens is 260 g/mol. The maximum Gasteiger partial charge on any atom is 0.222 e. The summed E-state index contributed by atoms with van der Waals surface area (Å²) in [7, 11) is 0. The average molecular weight is 288 g/mol. The minimum atomic E-state index is 0.313. The smallest absolute Gasteiger partial charge is 0.222 e. The van der Waals surface area contributed by atoms with Crippen LogP contribution in [0.5, 0.6) is 0 Å². The van der Waals surface area contributed by atoms with Gasteiger partial charge in [0.05, 0.1) is 0 Å². The van der Waals surface area contributed by atoms with Gasteiger partial charge in [-0.2, -0.15) is 0 Å². The van der Waals surface area contributed by atoms with Crippen LogP contribution in [0.25, 0.3) is 0 Å². The number of rotatable bonds is 6. The molecule has 1 aliphatic rings. The van der Waals surface area contributed by atoms with Crippen molar-refractivity contribution >= 4 is 5.91 Å². The Hall–Kier alpha value is -1.35. The molecule has 21 heavy (non-hydrogen) atoms. The number of likely N-dealkylation sites (tertiary alicyclic amines) is 1. The van der Waals surface area contributed by atoms with Crippen molar-refractivity contribution in [3.63, 3.8) is 0 Å². The van der Waals surface area contributed by atoms with Crippen LogP contribution in [-0.2, 0) is 11.2 Å². The van der Waals surface area contributed by atoms with Crippen LogP contribution in [-0.4, -0.2) is 36.5 Å². The van der Waals surface area contributed by atoms with Gasteiger partial charge >= 0.3 is 0 Å². The highest BCUT2D eigenvalue weighted by Gasteiger charge is 2.23. The summed E-state index contributed by atoms with van der Waals surface area (Å²) >= 11 is 0. The first-order valence-electron chi connectivity index (χ1n) is 8.20. The molecule has 2 rings (SSSR count). The van der Waals surface area contributed by atoms with Gasteiger partial charge < -0.3 is 10.2 Å². The summed E-state index contributed by atoms with van der Waals surface area (Å²) in [6.07, 6.45) is 3.86. The van der Waals surface area contributed by atoms with Gasteiger partial charge in [0, 0.05) is 25.6 Å². The molecule has 1 heterocycles. The van der Waals surface area contributed by atoms with Crippen molar-refractivity contribution in [2.75, 3.05) is 19.6 Å². The van der Waals surface area contributed by atoms with E-state index in [0.717, 1.165) is 32.5 Å². The highest BCUT2D eigenvalue weighted by atomic mass is 16.2. The normalized spacial score (nSPS) is 19.0. The standard InChI is InChI=1S/C18H28N2O/c1-15(2)19-13-17-9-6-12-20(14-17)18(21)11-10-16-7-4-3-5-8-16/h3-5,7-8,15,17,19H,6,9-14H2,1-2H3. The van der Waals surface area contributed by atoms with Crippen LogP contribution in [0, 0.1) is 5.92 Å². The van der Waals surface area contributed by atoms with Crippen molar-refractivity contribution in [1.82, 2.24) is 10.2 Å². The number of aryl methyl sites for hydroxylation is 1. The molecule has 1 aromatic carbocycles. The van der Waals surface area contributed by atoms with Crippen LogP contribution in [0.15, 0.2) is 30.3 Å². The molecule has 1 saturated heterocycles. The minimum Gasteiger partial charge on any atom is -0.342 e. The Bertz CT molecular complexity index is 430. The molecule has 1 atom stereocenters. The van der Waals surface area contributed by atoms with Crippen LogP contribution < -0.4 is 5.32 Å². The van der Waals surface area contributed by atoms with E-state index >= 15 is 0 Å². The molecule has 0 aliphatic carbocycles. The number of nitrogens with one attached hydrogen (secondary N) is 1. The third kappa shape index (κ3) is 5.50. The lowest BCUT2D eigenvalue weighted by molar-refractivity contribution is -0.132. The Labute approximate surface area is 128 Å². The van der Waals surface area contributed by atoms with Gasteiger partial charge in [0.2, 0.25) is 5.91 Å². The largest absolute Gasteiger partial charge is 0.342 e. The number of carbonyl (C=O) groups excluding carboxylic acids is 1. The molecule has 116 valence electrons. The van der Waals surface area contributed by atoms with E-state index < -0.39 is 0 Å². The Morgan fingerprint density at radius 3 is 2.81 bits per heavy atom. The first-order valence-corrected chi connectivity index (χ1v) is 8.20. The summed E-state index contributed by atoms with van der Waals surface area (Å²) in [5.74, 6) is 0.926. The van der Waals surface area contributed by atoms with Crippen molar-refractivity contribution in [3.8, 4) is 0 Å². The monoisotopic (exact) mass is 288 g/mol. The summed E-state index contributed by atoms with van der Waals surface area (Å²) in [6.45, 7) is 7.23. The zero-order valence-electron chi connectivity index (χ0n) is 13.3. The van der Waals surface area contributed by atoms with Crippen molar-refractivity contribution in [1.29, 1.82) is 0 Å². The van der Waals surface area contributed by atoms with Gasteiger partial charge in [0.15, 0.2) is 0 Å². The van der Waals surface area contributed by atoms with Crippen LogP contribution >= 0.6 is 0 Å². The molecule has 0 spiro atoms. The highest BCUT2D eigenvalue weighted by molar-refractivity contribution is 5.76. The lowest BCUT2D eigenvalue weighted by Gasteiger charge is -2.33. The maximum atomic E-state index is 12.4. The molecule has 1 fully saturated rings. The van der Waals surface area contributed by atoms with Gasteiger partial charge in [-0.15, -0.1) is 0 Å². The molecule has 0 bridgehead atoms. The van der Waals surface area contributed by atoms with Gasteiger partial charge in [-0.25, -0.2) is 0 Å². The summed E-state index contributed by atoms with van der Waals surface area (Å²) in [4.78, 5) is 14.4. The second-order valence-corrected chi connectivity index (χ2v) is 6.40. The van der Waals surface area contributed by atoms with Crippen LogP contribution in [0.3, 0.4) is 0 Å². The highest BCUT2D eigenvalue weighted by Crippen LogP contribution is 2.17. The summed E-state index contributed by atoms with van der Waals surface area (Å²) in [5, 5.41) is 3.49. The predicted molar refractivity (Wildman–Crippen MR) is 87.2 cm³/mol. The zero-order chi connectivity index (χ0) is 15.1. The van der Waals surface area contributed by atoms with Crippen molar-refractivity contribution in [2.24, 2.45) is 5.92 Å². The summed E-state index contributed by atoms with van der Waals surface area (Å²) < 4.78 is 0. The number of piperidine rings is 1. The van der Waals surface area contributed by atoms with E-state index in [0.29, 0.717) is 24.3 Å². The first kappa shape index (κ1) is 16.0. The van der Waals surface area contributed by atoms with Crippen LogP contribution in [0.4, 0.5) is 0 Å². The number of hydrogen-bond donors (Lipinski definition) is 1. The second kappa shape index (κ2) is 8.18. The quantitative estimate of drug-likeness (QED) is 0.873. The van der Waals surface area contributed by atoms with E-state index in [1.807, 2.05) is 18.2 Å². The molecule has 0 saturated carbocycles. The van der Waals surface area contributed by atoms with Gasteiger partial charge in [-0.1, -0.05) is 44.2 Å². The number of amides is 1. The molecule has 1 aliphatic heterocycles. The third-order valence-electron chi connectivity index (χ3n) is 4.16. The van der Waals surface area contributed by atoms with Crippen molar-refractivity contribution in [2.45, 2.75) is 45.6 Å². The third-order valence-corrected chi connectivity index (χ3v) is 4.16. The maximum absolute atomic E-state index is 12.4. The molecule has 0 aromatic heterocycles. The van der Waals surface area contributed by atoms with Crippen molar-refractivity contribution in [3.05, 3.63) is 35.9 Å².